The van der Waals surface area contributed by atoms with Crippen LogP contribution in [0.3, 0.4) is 0 Å². The third kappa shape index (κ3) is 8.86. The molecule has 0 aromatic rings. The fraction of sp³-hybridized carbons (Fsp3) is 0.938. The average Bonchev–Trinajstić information content (AvgIpc) is 2.99. The number of hydrogen-bond donors (Lipinski definition) is 2. The van der Waals surface area contributed by atoms with Crippen molar-refractivity contribution < 1.29 is 4.74 Å². The van der Waals surface area contributed by atoms with E-state index in [2.05, 4.69) is 29.5 Å². The van der Waals surface area contributed by atoms with Gasteiger partial charge < -0.3 is 15.4 Å². The van der Waals surface area contributed by atoms with Crippen LogP contribution in [0.25, 0.3) is 0 Å². The average molecular weight is 411 g/mol. The molecule has 0 aromatic heterocycles. The maximum Gasteiger partial charge on any atom is 0.190 e. The predicted molar refractivity (Wildman–Crippen MR) is 102 cm³/mol. The lowest BCUT2D eigenvalue weighted by Gasteiger charge is -2.24. The van der Waals surface area contributed by atoms with Gasteiger partial charge in [-0.25, -0.2) is 0 Å². The number of rotatable bonds is 9. The first-order valence-corrected chi connectivity index (χ1v) is 8.37. The van der Waals surface area contributed by atoms with Crippen molar-refractivity contribution in [2.45, 2.75) is 64.9 Å². The summed E-state index contributed by atoms with van der Waals surface area (Å²) in [5, 5.41) is 6.74. The third-order valence-electron chi connectivity index (χ3n) is 4.07. The smallest absolute Gasteiger partial charge is 0.190 e. The van der Waals surface area contributed by atoms with E-state index in [1.54, 1.807) is 0 Å². The molecule has 126 valence electrons. The van der Waals surface area contributed by atoms with Crippen LogP contribution in [0.1, 0.15) is 58.8 Å². The summed E-state index contributed by atoms with van der Waals surface area (Å²) in [6, 6.07) is 0. The maximum absolute atomic E-state index is 5.94. The molecule has 1 rings (SSSR count). The summed E-state index contributed by atoms with van der Waals surface area (Å²) in [6.07, 6.45) is 9.32. The Labute approximate surface area is 147 Å². The van der Waals surface area contributed by atoms with Crippen LogP contribution in [0, 0.1) is 5.92 Å². The van der Waals surface area contributed by atoms with Gasteiger partial charge in [-0.15, -0.1) is 24.0 Å². The van der Waals surface area contributed by atoms with E-state index in [0.29, 0.717) is 6.10 Å². The van der Waals surface area contributed by atoms with Crippen LogP contribution < -0.4 is 10.6 Å². The molecule has 1 aliphatic rings. The Morgan fingerprint density at radius 2 is 1.86 bits per heavy atom. The number of unbranched alkanes of at least 4 members (excludes halogenated alkanes) is 1. The molecule has 1 atom stereocenters. The van der Waals surface area contributed by atoms with Gasteiger partial charge in [-0.1, -0.05) is 26.2 Å². The van der Waals surface area contributed by atoms with Crippen LogP contribution in [0.2, 0.25) is 0 Å². The molecule has 1 aliphatic carbocycles. The maximum atomic E-state index is 5.94. The van der Waals surface area contributed by atoms with Crippen LogP contribution in [0.4, 0.5) is 0 Å². The number of halogens is 1. The van der Waals surface area contributed by atoms with Gasteiger partial charge >= 0.3 is 0 Å². The van der Waals surface area contributed by atoms with Crippen molar-refractivity contribution in [3.63, 3.8) is 0 Å². The minimum absolute atomic E-state index is 0. The van der Waals surface area contributed by atoms with E-state index in [9.17, 15) is 0 Å². The molecule has 0 aliphatic heterocycles. The predicted octanol–water partition coefficient (Wildman–Crippen LogP) is 3.55. The number of nitrogens with one attached hydrogen (secondary N) is 2. The van der Waals surface area contributed by atoms with Crippen molar-refractivity contribution in [1.29, 1.82) is 0 Å². The summed E-state index contributed by atoms with van der Waals surface area (Å²) in [5.41, 5.74) is 0. The zero-order valence-corrected chi connectivity index (χ0v) is 16.3. The van der Waals surface area contributed by atoms with E-state index < -0.39 is 0 Å². The van der Waals surface area contributed by atoms with Crippen molar-refractivity contribution in [2.24, 2.45) is 10.9 Å². The van der Waals surface area contributed by atoms with E-state index in [0.717, 1.165) is 38.0 Å². The van der Waals surface area contributed by atoms with E-state index in [-0.39, 0.29) is 24.0 Å². The van der Waals surface area contributed by atoms with Gasteiger partial charge in [0.1, 0.15) is 0 Å². The van der Waals surface area contributed by atoms with E-state index in [1.165, 1.54) is 38.5 Å². The van der Waals surface area contributed by atoms with E-state index in [4.69, 9.17) is 4.74 Å². The number of guanidine groups is 1. The normalized spacial score (nSPS) is 17.4. The summed E-state index contributed by atoms with van der Waals surface area (Å²) in [6.45, 7) is 7.05. The molecule has 1 saturated carbocycles. The standard InChI is InChI=1S/C16H33N3O.HI/c1-4-6-12-18-16(17-3)19-13-11-15(20-5-2)14-9-7-8-10-14;/h14-15H,4-13H2,1-3H3,(H2,17,18,19);1H. The number of ether oxygens (including phenoxy) is 1. The Bertz CT molecular complexity index is 268. The highest BCUT2D eigenvalue weighted by atomic mass is 127. The molecule has 0 radical (unpaired) electrons. The van der Waals surface area contributed by atoms with Crippen LogP contribution in [0.5, 0.6) is 0 Å². The summed E-state index contributed by atoms with van der Waals surface area (Å²) in [7, 11) is 1.83. The van der Waals surface area contributed by atoms with Crippen LogP contribution >= 0.6 is 24.0 Å². The molecule has 5 heteroatoms. The van der Waals surface area contributed by atoms with Gasteiger partial charge in [-0.3, -0.25) is 4.99 Å². The van der Waals surface area contributed by atoms with Gasteiger partial charge in [-0.05, 0) is 38.5 Å². The van der Waals surface area contributed by atoms with Gasteiger partial charge in [0, 0.05) is 26.7 Å². The molecule has 2 N–H and O–H groups in total. The Kier molecular flexibility index (Phi) is 13.6. The van der Waals surface area contributed by atoms with E-state index in [1.807, 2.05) is 7.05 Å². The fourth-order valence-corrected chi connectivity index (χ4v) is 2.94. The quantitative estimate of drug-likeness (QED) is 0.264. The van der Waals surface area contributed by atoms with Crippen LogP contribution in [-0.2, 0) is 4.74 Å². The number of aliphatic imine (C=N–C) groups is 1. The second-order valence-corrected chi connectivity index (χ2v) is 5.61. The summed E-state index contributed by atoms with van der Waals surface area (Å²) in [5.74, 6) is 1.69. The lowest BCUT2D eigenvalue weighted by Crippen LogP contribution is -2.39. The molecule has 0 spiro atoms. The van der Waals surface area contributed by atoms with E-state index >= 15 is 0 Å². The lowest BCUT2D eigenvalue weighted by molar-refractivity contribution is 0.0169. The second-order valence-electron chi connectivity index (χ2n) is 5.61. The van der Waals surface area contributed by atoms with Crippen molar-refractivity contribution in [3.05, 3.63) is 0 Å². The Hall–Kier alpha value is -0.0400. The molecule has 0 aromatic carbocycles. The Morgan fingerprint density at radius 1 is 1.19 bits per heavy atom. The topological polar surface area (TPSA) is 45.7 Å². The third-order valence-corrected chi connectivity index (χ3v) is 4.07. The fourth-order valence-electron chi connectivity index (χ4n) is 2.94. The monoisotopic (exact) mass is 411 g/mol. The lowest BCUT2D eigenvalue weighted by atomic mass is 9.98. The van der Waals surface area contributed by atoms with Gasteiger partial charge in [-0.2, -0.15) is 0 Å². The number of nitrogens with zero attached hydrogens (tertiary/aromatic N) is 1. The highest BCUT2D eigenvalue weighted by Gasteiger charge is 2.24. The number of hydrogen-bond acceptors (Lipinski definition) is 2. The highest BCUT2D eigenvalue weighted by molar-refractivity contribution is 14.0. The van der Waals surface area contributed by atoms with Crippen molar-refractivity contribution in [1.82, 2.24) is 10.6 Å². The van der Waals surface area contributed by atoms with Gasteiger partial charge in [0.05, 0.1) is 6.10 Å². The van der Waals surface area contributed by atoms with Crippen molar-refractivity contribution in [3.8, 4) is 0 Å². The Morgan fingerprint density at radius 3 is 2.43 bits per heavy atom. The van der Waals surface area contributed by atoms with Gasteiger partial charge in [0.15, 0.2) is 5.96 Å². The van der Waals surface area contributed by atoms with Crippen molar-refractivity contribution >= 4 is 29.9 Å². The summed E-state index contributed by atoms with van der Waals surface area (Å²) >= 11 is 0. The molecule has 0 amide bonds. The van der Waals surface area contributed by atoms with Crippen LogP contribution in [0.15, 0.2) is 4.99 Å². The molecule has 1 unspecified atom stereocenters. The minimum Gasteiger partial charge on any atom is -0.378 e. The van der Waals surface area contributed by atoms with Gasteiger partial charge in [0.25, 0.3) is 0 Å². The second kappa shape index (κ2) is 13.6. The van der Waals surface area contributed by atoms with Crippen molar-refractivity contribution in [2.75, 3.05) is 26.7 Å². The highest BCUT2D eigenvalue weighted by Crippen LogP contribution is 2.30. The molecular weight excluding hydrogens is 377 g/mol. The molecule has 4 nitrogen and oxygen atoms in total. The molecule has 0 heterocycles. The first-order chi connectivity index (χ1) is 9.81. The SMILES string of the molecule is CCCCNC(=NC)NCCC(OCC)C1CCCC1.I. The summed E-state index contributed by atoms with van der Waals surface area (Å²) in [4.78, 5) is 4.25. The zero-order valence-electron chi connectivity index (χ0n) is 14.0. The summed E-state index contributed by atoms with van der Waals surface area (Å²) < 4.78 is 5.94. The first-order valence-electron chi connectivity index (χ1n) is 8.37. The molecule has 1 fully saturated rings. The molecule has 0 saturated heterocycles. The largest absolute Gasteiger partial charge is 0.378 e. The van der Waals surface area contributed by atoms with Crippen LogP contribution in [-0.4, -0.2) is 38.8 Å². The molecule has 21 heavy (non-hydrogen) atoms. The zero-order chi connectivity index (χ0) is 14.6. The van der Waals surface area contributed by atoms with Gasteiger partial charge in [0.2, 0.25) is 0 Å². The first kappa shape index (κ1) is 21.0. The Balaban J connectivity index is 0.00000400. The molecule has 0 bridgehead atoms. The minimum atomic E-state index is 0. The molecular formula is C16H34IN3O.